The number of carboxylic acid groups (broad SMARTS) is 1. The van der Waals surface area contributed by atoms with Gasteiger partial charge in [0.15, 0.2) is 0 Å². The van der Waals surface area contributed by atoms with Crippen LogP contribution in [-0.4, -0.2) is 28.8 Å². The second kappa shape index (κ2) is 4.36. The second-order valence-corrected chi connectivity index (χ2v) is 6.49. The summed E-state index contributed by atoms with van der Waals surface area (Å²) in [6.07, 6.45) is -1.12. The van der Waals surface area contributed by atoms with E-state index < -0.39 is 34.7 Å². The number of hydrogen-bond donors (Lipinski definition) is 1. The average molecular weight is 316 g/mol. The molecule has 7 heteroatoms. The molecular formula is C15H15F3O4. The van der Waals surface area contributed by atoms with Crippen molar-refractivity contribution in [2.75, 3.05) is 0 Å². The van der Waals surface area contributed by atoms with E-state index in [1.807, 2.05) is 0 Å². The van der Waals surface area contributed by atoms with Crippen LogP contribution >= 0.6 is 0 Å². The number of carbonyl (C=O) groups excluding carboxylic acids is 1. The van der Waals surface area contributed by atoms with Crippen LogP contribution in [0.15, 0.2) is 23.8 Å². The molecule has 120 valence electrons. The van der Waals surface area contributed by atoms with Gasteiger partial charge in [0.05, 0.1) is 5.41 Å². The van der Waals surface area contributed by atoms with E-state index in [2.05, 4.69) is 6.58 Å². The largest absolute Gasteiger partial charge is 0.481 e. The van der Waals surface area contributed by atoms with Crippen LogP contribution in [0.3, 0.4) is 0 Å². The molecule has 3 rings (SSSR count). The minimum Gasteiger partial charge on any atom is -0.481 e. The summed E-state index contributed by atoms with van der Waals surface area (Å²) in [5.41, 5.74) is -2.95. The number of ether oxygens (including phenoxy) is 1. The molecule has 3 bridgehead atoms. The first-order chi connectivity index (χ1) is 10.1. The lowest BCUT2D eigenvalue weighted by atomic mass is 9.71. The van der Waals surface area contributed by atoms with Crippen LogP contribution in [0.2, 0.25) is 0 Å². The molecule has 2 fully saturated rings. The SMILES string of the molecule is C=C(C(=O)OC12CC3=CC(C(=O)O)(CC1CC3)C2)C(F)(F)F. The van der Waals surface area contributed by atoms with Crippen LogP contribution in [0, 0.1) is 11.3 Å². The van der Waals surface area contributed by atoms with E-state index in [0.29, 0.717) is 25.7 Å². The Bertz CT molecular complexity index is 606. The zero-order chi connectivity index (χ0) is 16.3. The van der Waals surface area contributed by atoms with Crippen LogP contribution in [0.4, 0.5) is 13.2 Å². The molecule has 0 radical (unpaired) electrons. The van der Waals surface area contributed by atoms with Crippen molar-refractivity contribution in [1.29, 1.82) is 0 Å². The van der Waals surface area contributed by atoms with Crippen molar-refractivity contribution in [3.05, 3.63) is 23.8 Å². The van der Waals surface area contributed by atoms with Gasteiger partial charge < -0.3 is 9.84 Å². The molecule has 0 aromatic heterocycles. The molecule has 3 atom stereocenters. The third-order valence-electron chi connectivity index (χ3n) is 5.10. The maximum absolute atomic E-state index is 12.6. The lowest BCUT2D eigenvalue weighted by molar-refractivity contribution is -0.172. The highest BCUT2D eigenvalue weighted by atomic mass is 19.4. The summed E-state index contributed by atoms with van der Waals surface area (Å²) in [6.45, 7) is 2.75. The lowest BCUT2D eigenvalue weighted by Crippen LogP contribution is -2.45. The normalized spacial score (nSPS) is 36.0. The molecule has 3 unspecified atom stereocenters. The van der Waals surface area contributed by atoms with Gasteiger partial charge in [-0.15, -0.1) is 0 Å². The Morgan fingerprint density at radius 1 is 1.41 bits per heavy atom. The van der Waals surface area contributed by atoms with E-state index in [9.17, 15) is 27.9 Å². The number of rotatable bonds is 3. The van der Waals surface area contributed by atoms with Gasteiger partial charge in [-0.2, -0.15) is 13.2 Å². The summed E-state index contributed by atoms with van der Waals surface area (Å²) in [5.74, 6) is -2.73. The first kappa shape index (κ1) is 15.1. The van der Waals surface area contributed by atoms with Gasteiger partial charge in [-0.25, -0.2) is 4.79 Å². The molecule has 0 amide bonds. The maximum atomic E-state index is 12.6. The highest BCUT2D eigenvalue weighted by Crippen LogP contribution is 2.62. The Kier molecular flexibility index (Phi) is 3.00. The van der Waals surface area contributed by atoms with Gasteiger partial charge in [-0.3, -0.25) is 4.79 Å². The van der Waals surface area contributed by atoms with Gasteiger partial charge in [-0.1, -0.05) is 18.2 Å². The molecule has 0 spiro atoms. The molecule has 2 saturated carbocycles. The number of halogens is 3. The van der Waals surface area contributed by atoms with Crippen molar-refractivity contribution in [2.24, 2.45) is 11.3 Å². The number of hydrogen-bond acceptors (Lipinski definition) is 3. The van der Waals surface area contributed by atoms with Crippen molar-refractivity contribution in [1.82, 2.24) is 0 Å². The molecule has 4 nitrogen and oxygen atoms in total. The molecule has 0 aliphatic heterocycles. The minimum atomic E-state index is -4.84. The number of alkyl halides is 3. The van der Waals surface area contributed by atoms with Crippen molar-refractivity contribution in [3.63, 3.8) is 0 Å². The fourth-order valence-corrected chi connectivity index (χ4v) is 4.15. The summed E-state index contributed by atoms with van der Waals surface area (Å²) < 4.78 is 42.9. The molecule has 0 saturated heterocycles. The minimum absolute atomic E-state index is 0.0420. The molecule has 3 aliphatic carbocycles. The molecular weight excluding hydrogens is 301 g/mol. The van der Waals surface area contributed by atoms with Gasteiger partial charge in [0.1, 0.15) is 11.2 Å². The summed E-state index contributed by atoms with van der Waals surface area (Å²) in [6, 6.07) is 0. The quantitative estimate of drug-likeness (QED) is 0.494. The van der Waals surface area contributed by atoms with Crippen LogP contribution in [0.1, 0.15) is 32.1 Å². The monoisotopic (exact) mass is 316 g/mol. The molecule has 0 aromatic carbocycles. The zero-order valence-electron chi connectivity index (χ0n) is 11.7. The molecule has 3 aliphatic rings. The van der Waals surface area contributed by atoms with Gasteiger partial charge in [0.25, 0.3) is 0 Å². The Labute approximate surface area is 124 Å². The van der Waals surface area contributed by atoms with Crippen molar-refractivity contribution in [3.8, 4) is 0 Å². The third-order valence-corrected chi connectivity index (χ3v) is 5.10. The van der Waals surface area contributed by atoms with Crippen LogP contribution in [-0.2, 0) is 14.3 Å². The van der Waals surface area contributed by atoms with Crippen molar-refractivity contribution < 1.29 is 32.6 Å². The van der Waals surface area contributed by atoms with E-state index in [-0.39, 0.29) is 12.3 Å². The van der Waals surface area contributed by atoms with E-state index in [0.717, 1.165) is 5.57 Å². The van der Waals surface area contributed by atoms with Crippen molar-refractivity contribution in [2.45, 2.75) is 43.9 Å². The van der Waals surface area contributed by atoms with E-state index in [1.165, 1.54) is 0 Å². The van der Waals surface area contributed by atoms with Crippen LogP contribution < -0.4 is 0 Å². The molecule has 0 heterocycles. The standard InChI is InChI=1S/C15H15F3O4/c1-8(15(16,17)18)11(19)22-14-5-9-2-3-10(14)6-13(4-9,7-14)12(20)21/h4,10H,1-3,5-7H2,(H,20,21). The Balaban J connectivity index is 1.89. The predicted molar refractivity (Wildman–Crippen MR) is 68.7 cm³/mol. The third kappa shape index (κ3) is 2.06. The van der Waals surface area contributed by atoms with E-state index in [1.54, 1.807) is 6.08 Å². The molecule has 22 heavy (non-hydrogen) atoms. The maximum Gasteiger partial charge on any atom is 0.422 e. The van der Waals surface area contributed by atoms with Gasteiger partial charge in [0.2, 0.25) is 0 Å². The summed E-state index contributed by atoms with van der Waals surface area (Å²) in [4.78, 5) is 23.4. The van der Waals surface area contributed by atoms with Gasteiger partial charge >= 0.3 is 18.1 Å². The van der Waals surface area contributed by atoms with E-state index >= 15 is 0 Å². The fraction of sp³-hybridized carbons (Fsp3) is 0.600. The lowest BCUT2D eigenvalue weighted by Gasteiger charge is -2.42. The summed E-state index contributed by atoms with van der Waals surface area (Å²) >= 11 is 0. The molecule has 0 aromatic rings. The van der Waals surface area contributed by atoms with Crippen LogP contribution in [0.5, 0.6) is 0 Å². The number of aliphatic carboxylic acids is 1. The molecule has 1 N–H and O–H groups in total. The Hall–Kier alpha value is -1.79. The first-order valence-corrected chi connectivity index (χ1v) is 7.01. The topological polar surface area (TPSA) is 63.6 Å². The van der Waals surface area contributed by atoms with E-state index in [4.69, 9.17) is 4.74 Å². The first-order valence-electron chi connectivity index (χ1n) is 7.01. The van der Waals surface area contributed by atoms with Crippen LogP contribution in [0.25, 0.3) is 0 Å². The van der Waals surface area contributed by atoms with Gasteiger partial charge in [0, 0.05) is 18.8 Å². The Morgan fingerprint density at radius 2 is 2.09 bits per heavy atom. The summed E-state index contributed by atoms with van der Waals surface area (Å²) in [7, 11) is 0. The number of esters is 1. The Morgan fingerprint density at radius 3 is 2.68 bits per heavy atom. The fourth-order valence-electron chi connectivity index (χ4n) is 4.15. The number of fused-ring (bicyclic) bond motifs is 2. The van der Waals surface area contributed by atoms with Gasteiger partial charge in [-0.05, 0) is 19.3 Å². The zero-order valence-corrected chi connectivity index (χ0v) is 11.7. The van der Waals surface area contributed by atoms with Crippen molar-refractivity contribution >= 4 is 11.9 Å². The average Bonchev–Trinajstić information content (AvgIpc) is 2.51. The number of carboxylic acids is 1. The summed E-state index contributed by atoms with van der Waals surface area (Å²) in [5, 5.41) is 9.48. The second-order valence-electron chi connectivity index (χ2n) is 6.49. The number of carbonyl (C=O) groups is 2. The smallest absolute Gasteiger partial charge is 0.422 e. The predicted octanol–water partition coefficient (Wildman–Crippen LogP) is 2.99. The highest BCUT2D eigenvalue weighted by molar-refractivity contribution is 5.90. The highest BCUT2D eigenvalue weighted by Gasteiger charge is 2.64.